The van der Waals surface area contributed by atoms with Gasteiger partial charge in [0.2, 0.25) is 0 Å². The summed E-state index contributed by atoms with van der Waals surface area (Å²) in [5, 5.41) is 0. The number of hydrogen-bond acceptors (Lipinski definition) is 1. The first-order chi connectivity index (χ1) is 4.22. The average Bonchev–Trinajstić information content (AvgIpc) is 2.13. The van der Waals surface area contributed by atoms with Crippen molar-refractivity contribution in [2.45, 2.75) is 19.9 Å². The van der Waals surface area contributed by atoms with E-state index in [0.717, 1.165) is 5.59 Å². The van der Waals surface area contributed by atoms with Crippen molar-refractivity contribution in [1.29, 1.82) is 0 Å². The molecule has 0 aliphatic rings. The summed E-state index contributed by atoms with van der Waals surface area (Å²) in [7, 11) is 5.54. The van der Waals surface area contributed by atoms with Crippen molar-refractivity contribution in [3.63, 3.8) is 0 Å². The highest BCUT2D eigenvalue weighted by Gasteiger charge is 1.97. The van der Waals surface area contributed by atoms with E-state index in [0.29, 0.717) is 6.04 Å². The zero-order valence-corrected chi connectivity index (χ0v) is 5.70. The fourth-order valence-electron chi connectivity index (χ4n) is 0.746. The molecule has 1 aromatic rings. The normalized spacial score (nSPS) is 10.6. The van der Waals surface area contributed by atoms with Crippen LogP contribution >= 0.6 is 0 Å². The van der Waals surface area contributed by atoms with Crippen molar-refractivity contribution in [3.8, 4) is 0 Å². The van der Waals surface area contributed by atoms with Gasteiger partial charge in [-0.05, 0) is 19.4 Å². The highest BCUT2D eigenvalue weighted by Crippen LogP contribution is 1.97. The Balaban J connectivity index is 2.94. The Morgan fingerprint density at radius 1 is 1.67 bits per heavy atom. The lowest BCUT2D eigenvalue weighted by molar-refractivity contribution is 0.613. The first-order valence-electron chi connectivity index (χ1n) is 2.99. The summed E-state index contributed by atoms with van der Waals surface area (Å²) in [6.45, 7) is 4.14. The van der Waals surface area contributed by atoms with Gasteiger partial charge in [-0.25, -0.2) is 4.98 Å². The van der Waals surface area contributed by atoms with Crippen LogP contribution in [0.2, 0.25) is 0 Å². The van der Waals surface area contributed by atoms with Crippen LogP contribution in [0.15, 0.2) is 12.5 Å². The summed E-state index contributed by atoms with van der Waals surface area (Å²) < 4.78 is 1.92. The van der Waals surface area contributed by atoms with Crippen molar-refractivity contribution < 1.29 is 0 Å². The fraction of sp³-hybridized carbons (Fsp3) is 0.500. The zero-order chi connectivity index (χ0) is 6.85. The molecule has 0 bridgehead atoms. The van der Waals surface area contributed by atoms with E-state index in [9.17, 15) is 0 Å². The lowest BCUT2D eigenvalue weighted by Crippen LogP contribution is -2.17. The third-order valence-corrected chi connectivity index (χ3v) is 1.25. The maximum atomic E-state index is 5.54. The minimum atomic E-state index is 0.410. The second-order valence-electron chi connectivity index (χ2n) is 2.32. The largest absolute Gasteiger partial charge is 0.342 e. The zero-order valence-electron chi connectivity index (χ0n) is 5.70. The van der Waals surface area contributed by atoms with Crippen LogP contribution in [-0.4, -0.2) is 17.4 Å². The van der Waals surface area contributed by atoms with E-state index in [-0.39, 0.29) is 0 Å². The summed E-state index contributed by atoms with van der Waals surface area (Å²) in [5.74, 6) is 0. The van der Waals surface area contributed by atoms with Gasteiger partial charge in [-0.3, -0.25) is 0 Å². The molecule has 9 heavy (non-hydrogen) atoms. The molecule has 0 saturated heterocycles. The Bertz CT molecular complexity index is 193. The molecule has 46 valence electrons. The van der Waals surface area contributed by atoms with Crippen molar-refractivity contribution in [3.05, 3.63) is 12.5 Å². The third kappa shape index (κ3) is 1.15. The second-order valence-corrected chi connectivity index (χ2v) is 2.32. The predicted molar refractivity (Wildman–Crippen MR) is 38.0 cm³/mol. The van der Waals surface area contributed by atoms with E-state index in [2.05, 4.69) is 18.8 Å². The number of aromatic nitrogens is 2. The van der Waals surface area contributed by atoms with Gasteiger partial charge in [0.05, 0.1) is 6.33 Å². The quantitative estimate of drug-likeness (QED) is 0.486. The van der Waals surface area contributed by atoms with E-state index in [1.807, 2.05) is 4.57 Å². The molecule has 0 N–H and O–H groups in total. The predicted octanol–water partition coefficient (Wildman–Crippen LogP) is 0.258. The molecule has 1 heterocycles. The molecular formula is C6H9BN2. The topological polar surface area (TPSA) is 17.8 Å². The molecule has 0 aliphatic heterocycles. The summed E-state index contributed by atoms with van der Waals surface area (Å²) in [5.41, 5.74) is 0.727. The van der Waals surface area contributed by atoms with Gasteiger partial charge < -0.3 is 4.57 Å². The molecule has 0 unspecified atom stereocenters. The molecule has 0 fully saturated rings. The lowest BCUT2D eigenvalue weighted by Gasteiger charge is -2.07. The van der Waals surface area contributed by atoms with Gasteiger partial charge in [0, 0.05) is 12.2 Å². The maximum absolute atomic E-state index is 5.54. The molecule has 3 heteroatoms. The standard InChI is InChI=1S/C6H9BN2/c1-5(2)9-4-8-3-6(9)7/h3-5H,1-2H3. The minimum absolute atomic E-state index is 0.410. The van der Waals surface area contributed by atoms with Crippen LogP contribution in [-0.2, 0) is 0 Å². The summed E-state index contributed by atoms with van der Waals surface area (Å²) in [6, 6.07) is 0.410. The first kappa shape index (κ1) is 6.40. The Morgan fingerprint density at radius 2 is 2.33 bits per heavy atom. The van der Waals surface area contributed by atoms with Crippen molar-refractivity contribution in [2.75, 3.05) is 0 Å². The van der Waals surface area contributed by atoms with Gasteiger partial charge in [0.15, 0.2) is 0 Å². The van der Waals surface area contributed by atoms with Gasteiger partial charge >= 0.3 is 0 Å². The van der Waals surface area contributed by atoms with Crippen LogP contribution in [0.4, 0.5) is 0 Å². The van der Waals surface area contributed by atoms with E-state index < -0.39 is 0 Å². The van der Waals surface area contributed by atoms with E-state index in [1.54, 1.807) is 12.5 Å². The Hall–Kier alpha value is -0.725. The molecule has 0 saturated carbocycles. The number of hydrogen-bond donors (Lipinski definition) is 0. The lowest BCUT2D eigenvalue weighted by atomic mass is 10.1. The molecular weight excluding hydrogens is 111 g/mol. The van der Waals surface area contributed by atoms with Crippen LogP contribution in [0, 0.1) is 0 Å². The summed E-state index contributed by atoms with van der Waals surface area (Å²) in [4.78, 5) is 3.88. The molecule has 0 spiro atoms. The molecule has 0 atom stereocenters. The number of rotatable bonds is 1. The molecule has 0 amide bonds. The van der Waals surface area contributed by atoms with Crippen molar-refractivity contribution in [2.24, 2.45) is 0 Å². The Morgan fingerprint density at radius 3 is 2.56 bits per heavy atom. The van der Waals surface area contributed by atoms with Gasteiger partial charge in [0.1, 0.15) is 7.85 Å². The molecule has 1 rings (SSSR count). The van der Waals surface area contributed by atoms with E-state index >= 15 is 0 Å². The van der Waals surface area contributed by atoms with Crippen LogP contribution in [0.5, 0.6) is 0 Å². The monoisotopic (exact) mass is 120 g/mol. The smallest absolute Gasteiger partial charge is 0.141 e. The molecule has 2 nitrogen and oxygen atoms in total. The Labute approximate surface area is 56.3 Å². The maximum Gasteiger partial charge on any atom is 0.141 e. The van der Waals surface area contributed by atoms with Crippen molar-refractivity contribution in [1.82, 2.24) is 9.55 Å². The van der Waals surface area contributed by atoms with E-state index in [1.165, 1.54) is 0 Å². The van der Waals surface area contributed by atoms with Gasteiger partial charge in [0.25, 0.3) is 0 Å². The molecule has 2 radical (unpaired) electrons. The summed E-state index contributed by atoms with van der Waals surface area (Å²) in [6.07, 6.45) is 3.39. The molecule has 1 aromatic heterocycles. The fourth-order valence-corrected chi connectivity index (χ4v) is 0.746. The highest BCUT2D eigenvalue weighted by molar-refractivity contribution is 6.30. The number of imidazole rings is 1. The van der Waals surface area contributed by atoms with Crippen LogP contribution in [0.25, 0.3) is 0 Å². The van der Waals surface area contributed by atoms with Gasteiger partial charge in [-0.1, -0.05) is 0 Å². The van der Waals surface area contributed by atoms with Crippen LogP contribution < -0.4 is 5.59 Å². The summed E-state index contributed by atoms with van der Waals surface area (Å²) >= 11 is 0. The van der Waals surface area contributed by atoms with Gasteiger partial charge in [-0.2, -0.15) is 0 Å². The average molecular weight is 120 g/mol. The molecule has 0 aliphatic carbocycles. The van der Waals surface area contributed by atoms with E-state index in [4.69, 9.17) is 7.85 Å². The minimum Gasteiger partial charge on any atom is -0.342 e. The van der Waals surface area contributed by atoms with Crippen LogP contribution in [0.3, 0.4) is 0 Å². The number of nitrogens with zero attached hydrogens (tertiary/aromatic N) is 2. The SMILES string of the molecule is [B]c1cncn1C(C)C. The van der Waals surface area contributed by atoms with Crippen molar-refractivity contribution >= 4 is 13.4 Å². The Kier molecular flexibility index (Phi) is 1.60. The second kappa shape index (κ2) is 2.25. The first-order valence-corrected chi connectivity index (χ1v) is 2.99. The molecule has 0 aromatic carbocycles. The van der Waals surface area contributed by atoms with Gasteiger partial charge in [-0.15, -0.1) is 0 Å². The van der Waals surface area contributed by atoms with Crippen LogP contribution in [0.1, 0.15) is 19.9 Å². The highest BCUT2D eigenvalue weighted by atomic mass is 15.1. The third-order valence-electron chi connectivity index (χ3n) is 1.25.